The average molecular weight is 643 g/mol. The monoisotopic (exact) mass is 642 g/mol. The maximum absolute atomic E-state index is 15.5. The molecule has 8 nitrogen and oxygen atoms in total. The van der Waals surface area contributed by atoms with Crippen molar-refractivity contribution in [2.24, 2.45) is 0 Å². The van der Waals surface area contributed by atoms with E-state index in [9.17, 15) is 9.18 Å². The summed E-state index contributed by atoms with van der Waals surface area (Å²) in [6.45, 7) is 1.71. The molecule has 1 atom stereocenters. The summed E-state index contributed by atoms with van der Waals surface area (Å²) in [5.41, 5.74) is 2.35. The van der Waals surface area contributed by atoms with Crippen LogP contribution in [0.2, 0.25) is 5.15 Å². The molecule has 1 aliphatic carbocycles. The normalized spacial score (nSPS) is 17.5. The zero-order valence-electron chi connectivity index (χ0n) is 18.8. The molecule has 0 saturated heterocycles. The van der Waals surface area contributed by atoms with E-state index in [1.165, 1.54) is 22.3 Å². The van der Waals surface area contributed by atoms with Crippen LogP contribution in [0.5, 0.6) is 5.75 Å². The number of imidazole rings is 1. The highest BCUT2D eigenvalue weighted by atomic mass is 127. The largest absolute Gasteiger partial charge is 0.480 e. The van der Waals surface area contributed by atoms with E-state index in [4.69, 9.17) is 16.3 Å². The van der Waals surface area contributed by atoms with Gasteiger partial charge in [0.15, 0.2) is 23.3 Å². The predicted octanol–water partition coefficient (Wildman–Crippen LogP) is 4.86. The second-order valence-electron chi connectivity index (χ2n) is 8.75. The Balaban J connectivity index is 1.37. The molecule has 1 fully saturated rings. The summed E-state index contributed by atoms with van der Waals surface area (Å²) in [5.74, 6) is -1.23. The van der Waals surface area contributed by atoms with Crippen LogP contribution in [0, 0.1) is 22.3 Å². The Bertz CT molecular complexity index is 1520. The van der Waals surface area contributed by atoms with Gasteiger partial charge in [0.1, 0.15) is 26.3 Å². The number of ether oxygens (including phenoxy) is 1. The first-order chi connectivity index (χ1) is 17.3. The lowest BCUT2D eigenvalue weighted by atomic mass is 9.98. The number of hydrogen-bond acceptors (Lipinski definition) is 7. The van der Waals surface area contributed by atoms with Gasteiger partial charge >= 0.3 is 0 Å². The molecule has 0 spiro atoms. The van der Waals surface area contributed by atoms with Gasteiger partial charge in [-0.1, -0.05) is 22.9 Å². The average Bonchev–Trinajstić information content (AvgIpc) is 3.55. The molecule has 4 aromatic heterocycles. The van der Waals surface area contributed by atoms with Crippen LogP contribution >= 0.6 is 45.5 Å². The predicted molar refractivity (Wildman–Crippen MR) is 136 cm³/mol. The quantitative estimate of drug-likeness (QED) is 0.229. The van der Waals surface area contributed by atoms with Crippen molar-refractivity contribution in [3.8, 4) is 5.75 Å². The Morgan fingerprint density at radius 2 is 2.08 bits per heavy atom. The molecule has 0 N–H and O–H groups in total. The first-order valence-electron chi connectivity index (χ1n) is 11.2. The molecule has 36 heavy (non-hydrogen) atoms. The van der Waals surface area contributed by atoms with E-state index in [0.717, 1.165) is 35.2 Å². The van der Waals surface area contributed by atoms with Crippen LogP contribution in [0.15, 0.2) is 18.3 Å². The number of aryl methyl sites for hydroxylation is 1. The van der Waals surface area contributed by atoms with Crippen molar-refractivity contribution >= 4 is 56.4 Å². The summed E-state index contributed by atoms with van der Waals surface area (Å²) in [5, 5.41) is 5.30. The first-order valence-corrected chi connectivity index (χ1v) is 13.5. The number of pyridine rings is 2. The Kier molecular flexibility index (Phi) is 6.07. The molecule has 1 amide bonds. The number of carbonyl (C=O) groups excluding carboxylic acids is 1. The first kappa shape index (κ1) is 23.9. The minimum absolute atomic E-state index is 0.0443. The van der Waals surface area contributed by atoms with E-state index in [1.54, 1.807) is 33.3 Å². The third-order valence-corrected chi connectivity index (χ3v) is 8.15. The Morgan fingerprint density at radius 1 is 1.28 bits per heavy atom. The minimum Gasteiger partial charge on any atom is -0.480 e. The Hall–Kier alpha value is -2.45. The summed E-state index contributed by atoms with van der Waals surface area (Å²) in [4.78, 5) is 28.7. The van der Waals surface area contributed by atoms with Gasteiger partial charge in [0.25, 0.3) is 5.91 Å². The fourth-order valence-corrected chi connectivity index (χ4v) is 5.97. The topological polar surface area (TPSA) is 85.5 Å². The maximum atomic E-state index is 15.5. The Labute approximate surface area is 226 Å². The highest BCUT2D eigenvalue weighted by Gasteiger charge is 2.39. The number of rotatable bonds is 5. The number of hydrogen-bond donors (Lipinski definition) is 0. The standard InChI is InChI=1S/C23H18ClF2IN6O2S/c1-10-31-33-19-15(29-23(33)36-10)4-5-32(17(34)9-35-16-7-14(26)22(27)30-21(16)24)20(19)18-13(25)6-12(8-28-18)11-2-3-11/h6-8,11,20H,2-5,9H2,1H3. The van der Waals surface area contributed by atoms with E-state index in [0.29, 0.717) is 23.0 Å². The highest BCUT2D eigenvalue weighted by Crippen LogP contribution is 2.42. The third-order valence-electron chi connectivity index (χ3n) is 6.30. The minimum atomic E-state index is -0.850. The Morgan fingerprint density at radius 3 is 2.83 bits per heavy atom. The number of carbonyl (C=O) groups is 1. The molecule has 1 aliphatic heterocycles. The summed E-state index contributed by atoms with van der Waals surface area (Å²) in [7, 11) is 0. The van der Waals surface area contributed by atoms with Crippen LogP contribution in [-0.4, -0.2) is 48.5 Å². The van der Waals surface area contributed by atoms with Gasteiger partial charge in [-0.3, -0.25) is 9.78 Å². The van der Waals surface area contributed by atoms with Gasteiger partial charge in [-0.25, -0.2) is 23.3 Å². The van der Waals surface area contributed by atoms with Crippen LogP contribution in [-0.2, 0) is 11.2 Å². The molecule has 0 aromatic carbocycles. The molecule has 0 bridgehead atoms. The van der Waals surface area contributed by atoms with Crippen molar-refractivity contribution in [2.75, 3.05) is 13.2 Å². The molecule has 186 valence electrons. The van der Waals surface area contributed by atoms with E-state index in [1.807, 2.05) is 6.92 Å². The highest BCUT2D eigenvalue weighted by molar-refractivity contribution is 14.1. The molecule has 4 aromatic rings. The van der Waals surface area contributed by atoms with Crippen LogP contribution < -0.4 is 4.74 Å². The lowest BCUT2D eigenvalue weighted by molar-refractivity contribution is -0.135. The second kappa shape index (κ2) is 9.14. The summed E-state index contributed by atoms with van der Waals surface area (Å²) in [6, 6.07) is 1.75. The number of halogens is 4. The summed E-state index contributed by atoms with van der Waals surface area (Å²) >= 11 is 9.21. The molecule has 1 saturated carbocycles. The lowest BCUT2D eigenvalue weighted by Crippen LogP contribution is -2.44. The van der Waals surface area contributed by atoms with Gasteiger partial charge in [0.05, 0.1) is 11.4 Å². The number of amides is 1. The molecule has 0 radical (unpaired) electrons. The van der Waals surface area contributed by atoms with Gasteiger partial charge in [0.2, 0.25) is 4.96 Å². The van der Waals surface area contributed by atoms with E-state index < -0.39 is 30.2 Å². The maximum Gasteiger partial charge on any atom is 0.261 e. The SMILES string of the molecule is Cc1nn2c3c(nc2s1)CCN(C(=O)COc1cc(F)c(I)nc1Cl)C3c1ncc(C2CC2)cc1F. The van der Waals surface area contributed by atoms with Gasteiger partial charge < -0.3 is 9.64 Å². The van der Waals surface area contributed by atoms with Crippen LogP contribution in [0.3, 0.4) is 0 Å². The summed E-state index contributed by atoms with van der Waals surface area (Å²) in [6.07, 6.45) is 4.20. The van der Waals surface area contributed by atoms with Gasteiger partial charge in [-0.15, -0.1) is 0 Å². The molecular formula is C23H18ClF2IN6O2S. The fourth-order valence-electron chi connectivity index (χ4n) is 4.46. The van der Waals surface area contributed by atoms with Gasteiger partial charge in [-0.05, 0) is 59.9 Å². The van der Waals surface area contributed by atoms with Crippen molar-refractivity contribution in [2.45, 2.75) is 38.1 Å². The van der Waals surface area contributed by atoms with E-state index in [-0.39, 0.29) is 26.8 Å². The van der Waals surface area contributed by atoms with Crippen LogP contribution in [0.4, 0.5) is 8.78 Å². The van der Waals surface area contributed by atoms with E-state index >= 15 is 4.39 Å². The van der Waals surface area contributed by atoms with Crippen LogP contribution in [0.25, 0.3) is 4.96 Å². The number of nitrogens with zero attached hydrogens (tertiary/aromatic N) is 6. The van der Waals surface area contributed by atoms with Crippen molar-refractivity contribution in [3.05, 3.63) is 66.5 Å². The van der Waals surface area contributed by atoms with Crippen molar-refractivity contribution < 1.29 is 18.3 Å². The molecular weight excluding hydrogens is 625 g/mol. The zero-order chi connectivity index (χ0) is 25.1. The molecule has 1 unspecified atom stereocenters. The summed E-state index contributed by atoms with van der Waals surface area (Å²) < 4.78 is 36.8. The lowest BCUT2D eigenvalue weighted by Gasteiger charge is -2.35. The third kappa shape index (κ3) is 4.22. The fraction of sp³-hybridized carbons (Fsp3) is 0.348. The number of fused-ring (bicyclic) bond motifs is 3. The van der Waals surface area contributed by atoms with Crippen molar-refractivity contribution in [1.29, 1.82) is 0 Å². The van der Waals surface area contributed by atoms with Gasteiger partial charge in [0, 0.05) is 25.2 Å². The van der Waals surface area contributed by atoms with Crippen molar-refractivity contribution in [1.82, 2.24) is 29.5 Å². The smallest absolute Gasteiger partial charge is 0.261 e. The zero-order valence-corrected chi connectivity index (χ0v) is 22.6. The van der Waals surface area contributed by atoms with Gasteiger partial charge in [-0.2, -0.15) is 5.10 Å². The van der Waals surface area contributed by atoms with Crippen LogP contribution in [0.1, 0.15) is 52.5 Å². The molecule has 6 rings (SSSR count). The molecule has 2 aliphatic rings. The molecule has 5 heterocycles. The number of aromatic nitrogens is 5. The van der Waals surface area contributed by atoms with E-state index in [2.05, 4.69) is 20.1 Å². The second-order valence-corrected chi connectivity index (χ2v) is 11.3. The molecule has 13 heteroatoms. The van der Waals surface area contributed by atoms with Crippen molar-refractivity contribution in [3.63, 3.8) is 0 Å².